The standard InChI is InChI=1S/C17H17N3O4/c1-10-7-20(8-15(23-10)16-18-11(2)19-24-16)17(21)13-9-22-14-6-4-3-5-12(13)14/h3-6,9-10,15H,7-8H2,1-2H3/t10-,15-/m1/s1. The molecule has 124 valence electrons. The van der Waals surface area contributed by atoms with Crippen molar-refractivity contribution in [3.8, 4) is 0 Å². The highest BCUT2D eigenvalue weighted by molar-refractivity contribution is 6.05. The summed E-state index contributed by atoms with van der Waals surface area (Å²) in [5, 5.41) is 4.60. The number of hydrogen-bond donors (Lipinski definition) is 0. The van der Waals surface area contributed by atoms with Crippen molar-refractivity contribution < 1.29 is 18.5 Å². The van der Waals surface area contributed by atoms with Crippen LogP contribution in [0.3, 0.4) is 0 Å². The van der Waals surface area contributed by atoms with Gasteiger partial charge in [-0.15, -0.1) is 0 Å². The molecule has 0 aliphatic carbocycles. The van der Waals surface area contributed by atoms with Gasteiger partial charge in [-0.05, 0) is 19.9 Å². The quantitative estimate of drug-likeness (QED) is 0.720. The normalized spacial score (nSPS) is 21.3. The van der Waals surface area contributed by atoms with Gasteiger partial charge in [-0.3, -0.25) is 4.79 Å². The fraction of sp³-hybridized carbons (Fsp3) is 0.353. The first-order valence-corrected chi connectivity index (χ1v) is 7.83. The minimum atomic E-state index is -0.419. The Morgan fingerprint density at radius 1 is 1.29 bits per heavy atom. The van der Waals surface area contributed by atoms with Gasteiger partial charge in [-0.25, -0.2) is 0 Å². The van der Waals surface area contributed by atoms with Gasteiger partial charge in [0.15, 0.2) is 11.9 Å². The van der Waals surface area contributed by atoms with Gasteiger partial charge < -0.3 is 18.6 Å². The first-order chi connectivity index (χ1) is 11.6. The van der Waals surface area contributed by atoms with Gasteiger partial charge in [0.2, 0.25) is 0 Å². The number of ether oxygens (including phenoxy) is 1. The van der Waals surface area contributed by atoms with Gasteiger partial charge in [-0.2, -0.15) is 4.98 Å². The maximum Gasteiger partial charge on any atom is 0.257 e. The number of fused-ring (bicyclic) bond motifs is 1. The summed E-state index contributed by atoms with van der Waals surface area (Å²) < 4.78 is 16.5. The average Bonchev–Trinajstić information content (AvgIpc) is 3.20. The number of carbonyl (C=O) groups excluding carboxylic acids is 1. The number of hydrogen-bond acceptors (Lipinski definition) is 6. The molecule has 7 heteroatoms. The molecule has 1 saturated heterocycles. The van der Waals surface area contributed by atoms with Crippen molar-refractivity contribution in [2.24, 2.45) is 0 Å². The smallest absolute Gasteiger partial charge is 0.257 e. The Balaban J connectivity index is 1.61. The molecule has 0 N–H and O–H groups in total. The summed E-state index contributed by atoms with van der Waals surface area (Å²) in [4.78, 5) is 18.9. The van der Waals surface area contributed by atoms with Gasteiger partial charge in [0.05, 0.1) is 18.2 Å². The first-order valence-electron chi connectivity index (χ1n) is 7.83. The highest BCUT2D eigenvalue weighted by Crippen LogP contribution is 2.27. The summed E-state index contributed by atoms with van der Waals surface area (Å²) >= 11 is 0. The van der Waals surface area contributed by atoms with Crippen LogP contribution < -0.4 is 0 Å². The van der Waals surface area contributed by atoms with Crippen LogP contribution in [0, 0.1) is 6.92 Å². The Hall–Kier alpha value is -2.67. The number of amides is 1. The Bertz CT molecular complexity index is 885. The Morgan fingerprint density at radius 2 is 2.12 bits per heavy atom. The second-order valence-electron chi connectivity index (χ2n) is 5.97. The van der Waals surface area contributed by atoms with Crippen molar-refractivity contribution in [3.05, 3.63) is 47.8 Å². The van der Waals surface area contributed by atoms with E-state index < -0.39 is 6.10 Å². The molecular formula is C17H17N3O4. The summed E-state index contributed by atoms with van der Waals surface area (Å²) in [5.74, 6) is 0.857. The zero-order valence-corrected chi connectivity index (χ0v) is 13.4. The predicted molar refractivity (Wildman–Crippen MR) is 84.4 cm³/mol. The maximum atomic E-state index is 12.9. The SMILES string of the molecule is Cc1noc([C@H]2CN(C(=O)c3coc4ccccc34)C[C@@H](C)O2)n1. The molecule has 0 radical (unpaired) electrons. The molecule has 4 rings (SSSR count). The van der Waals surface area contributed by atoms with Crippen molar-refractivity contribution in [1.29, 1.82) is 0 Å². The zero-order valence-electron chi connectivity index (χ0n) is 13.4. The van der Waals surface area contributed by atoms with Crippen molar-refractivity contribution in [1.82, 2.24) is 15.0 Å². The van der Waals surface area contributed by atoms with E-state index in [1.807, 2.05) is 31.2 Å². The molecule has 1 fully saturated rings. The minimum Gasteiger partial charge on any atom is -0.463 e. The zero-order chi connectivity index (χ0) is 16.7. The highest BCUT2D eigenvalue weighted by Gasteiger charge is 2.33. The molecule has 3 heterocycles. The van der Waals surface area contributed by atoms with Crippen molar-refractivity contribution in [3.63, 3.8) is 0 Å². The lowest BCUT2D eigenvalue weighted by atomic mass is 10.1. The van der Waals surface area contributed by atoms with E-state index in [-0.39, 0.29) is 12.0 Å². The Morgan fingerprint density at radius 3 is 2.92 bits per heavy atom. The average molecular weight is 327 g/mol. The number of aryl methyl sites for hydroxylation is 1. The molecule has 0 spiro atoms. The van der Waals surface area contributed by atoms with E-state index in [4.69, 9.17) is 13.7 Å². The summed E-state index contributed by atoms with van der Waals surface area (Å²) in [6.45, 7) is 4.54. The second kappa shape index (κ2) is 5.76. The Labute approximate surface area is 138 Å². The number of carbonyl (C=O) groups is 1. The summed E-state index contributed by atoms with van der Waals surface area (Å²) in [5.41, 5.74) is 1.26. The van der Waals surface area contributed by atoms with E-state index in [2.05, 4.69) is 10.1 Å². The van der Waals surface area contributed by atoms with Crippen LogP contribution in [0.25, 0.3) is 11.0 Å². The third kappa shape index (κ3) is 2.56. The molecule has 0 bridgehead atoms. The molecule has 1 aromatic carbocycles. The lowest BCUT2D eigenvalue weighted by Crippen LogP contribution is -2.46. The molecule has 24 heavy (non-hydrogen) atoms. The monoisotopic (exact) mass is 327 g/mol. The number of aromatic nitrogens is 2. The maximum absolute atomic E-state index is 12.9. The molecule has 3 aromatic rings. The van der Waals surface area contributed by atoms with Gasteiger partial charge in [0.1, 0.15) is 11.8 Å². The molecule has 7 nitrogen and oxygen atoms in total. The summed E-state index contributed by atoms with van der Waals surface area (Å²) in [6.07, 6.45) is 0.967. The van der Waals surface area contributed by atoms with E-state index in [1.54, 1.807) is 11.8 Å². The van der Waals surface area contributed by atoms with E-state index in [0.29, 0.717) is 36.0 Å². The second-order valence-corrected chi connectivity index (χ2v) is 5.97. The van der Waals surface area contributed by atoms with Crippen molar-refractivity contribution in [2.45, 2.75) is 26.1 Å². The van der Waals surface area contributed by atoms with E-state index >= 15 is 0 Å². The third-order valence-corrected chi connectivity index (χ3v) is 4.08. The summed E-state index contributed by atoms with van der Waals surface area (Å²) in [7, 11) is 0. The van der Waals surface area contributed by atoms with Crippen LogP contribution in [0.2, 0.25) is 0 Å². The molecule has 1 aliphatic rings. The van der Waals surface area contributed by atoms with Crippen LogP contribution in [-0.2, 0) is 4.74 Å². The molecule has 1 amide bonds. The topological polar surface area (TPSA) is 81.6 Å². The number of para-hydroxylation sites is 1. The van der Waals surface area contributed by atoms with Gasteiger partial charge in [0, 0.05) is 11.9 Å². The third-order valence-electron chi connectivity index (χ3n) is 4.08. The molecular weight excluding hydrogens is 310 g/mol. The largest absolute Gasteiger partial charge is 0.463 e. The van der Waals surface area contributed by atoms with Crippen LogP contribution in [0.5, 0.6) is 0 Å². The van der Waals surface area contributed by atoms with Crippen LogP contribution in [0.15, 0.2) is 39.5 Å². The molecule has 0 unspecified atom stereocenters. The van der Waals surface area contributed by atoms with Crippen molar-refractivity contribution in [2.75, 3.05) is 13.1 Å². The lowest BCUT2D eigenvalue weighted by Gasteiger charge is -2.35. The van der Waals surface area contributed by atoms with E-state index in [9.17, 15) is 4.79 Å². The number of furan rings is 1. The Kier molecular flexibility index (Phi) is 3.57. The number of nitrogens with zero attached hydrogens (tertiary/aromatic N) is 3. The van der Waals surface area contributed by atoms with Gasteiger partial charge in [0.25, 0.3) is 11.8 Å². The first kappa shape index (κ1) is 14.9. The predicted octanol–water partition coefficient (Wildman–Crippen LogP) is 2.73. The fourth-order valence-corrected chi connectivity index (χ4v) is 3.01. The number of rotatable bonds is 2. The van der Waals surface area contributed by atoms with E-state index in [0.717, 1.165) is 5.39 Å². The van der Waals surface area contributed by atoms with Crippen molar-refractivity contribution >= 4 is 16.9 Å². The molecule has 1 aliphatic heterocycles. The van der Waals surface area contributed by atoms with Crippen LogP contribution in [0.1, 0.15) is 35.1 Å². The number of morpholine rings is 1. The van der Waals surface area contributed by atoms with E-state index in [1.165, 1.54) is 6.26 Å². The van der Waals surface area contributed by atoms with Gasteiger partial charge in [-0.1, -0.05) is 23.4 Å². The summed E-state index contributed by atoms with van der Waals surface area (Å²) in [6, 6.07) is 7.50. The van der Waals surface area contributed by atoms with Gasteiger partial charge >= 0.3 is 0 Å². The van der Waals surface area contributed by atoms with Crippen LogP contribution in [0.4, 0.5) is 0 Å². The minimum absolute atomic E-state index is 0.0867. The molecule has 2 aromatic heterocycles. The fourth-order valence-electron chi connectivity index (χ4n) is 3.01. The van der Waals surface area contributed by atoms with Crippen LogP contribution >= 0.6 is 0 Å². The molecule has 0 saturated carbocycles. The highest BCUT2D eigenvalue weighted by atomic mass is 16.5. The lowest BCUT2D eigenvalue weighted by molar-refractivity contribution is -0.0810. The van der Waals surface area contributed by atoms with Crippen LogP contribution in [-0.4, -0.2) is 40.1 Å². The molecule has 2 atom stereocenters. The number of benzene rings is 1.